The van der Waals surface area contributed by atoms with Crippen LogP contribution in [0, 0.1) is 13.8 Å². The summed E-state index contributed by atoms with van der Waals surface area (Å²) in [6, 6.07) is 1.91. The highest BCUT2D eigenvalue weighted by atomic mass is 32.2. The molecule has 1 aromatic rings. The molecule has 0 bridgehead atoms. The van der Waals surface area contributed by atoms with E-state index in [1.54, 1.807) is 11.8 Å². The van der Waals surface area contributed by atoms with Crippen LogP contribution in [0.5, 0.6) is 0 Å². The molecule has 2 N–H and O–H groups in total. The van der Waals surface area contributed by atoms with Crippen molar-refractivity contribution in [1.82, 2.24) is 5.32 Å². The second-order valence-electron chi connectivity index (χ2n) is 4.77. The van der Waals surface area contributed by atoms with Crippen molar-refractivity contribution < 1.29 is 14.3 Å². The number of hydrogen-bond donors (Lipinski definition) is 2. The minimum absolute atomic E-state index is 0.263. The summed E-state index contributed by atoms with van der Waals surface area (Å²) < 4.78 is 5.40. The van der Waals surface area contributed by atoms with Gasteiger partial charge in [0.05, 0.1) is 0 Å². The second kappa shape index (κ2) is 5.36. The topological polar surface area (TPSA) is 62.5 Å². The van der Waals surface area contributed by atoms with E-state index < -0.39 is 5.60 Å². The Bertz CT molecular complexity index is 435. The van der Waals surface area contributed by atoms with Gasteiger partial charge in [0.1, 0.15) is 17.1 Å². The van der Waals surface area contributed by atoms with Gasteiger partial charge < -0.3 is 14.8 Å². The van der Waals surface area contributed by atoms with Crippen molar-refractivity contribution in [2.45, 2.75) is 38.8 Å². The molecule has 2 heterocycles. The van der Waals surface area contributed by atoms with Crippen LogP contribution in [0.2, 0.25) is 0 Å². The van der Waals surface area contributed by atoms with E-state index in [0.29, 0.717) is 19.4 Å². The monoisotopic (exact) mass is 269 g/mol. The number of aryl methyl sites for hydroxylation is 2. The number of carbonyl (C=O) groups is 1. The van der Waals surface area contributed by atoms with Crippen LogP contribution in [-0.4, -0.2) is 28.1 Å². The summed E-state index contributed by atoms with van der Waals surface area (Å²) in [5, 5.41) is 13.0. The highest BCUT2D eigenvalue weighted by Crippen LogP contribution is 2.27. The molecule has 4 nitrogen and oxygen atoms in total. The Morgan fingerprint density at radius 1 is 1.50 bits per heavy atom. The Morgan fingerprint density at radius 2 is 2.17 bits per heavy atom. The Hall–Kier alpha value is -0.940. The minimum Gasteiger partial charge on any atom is -0.466 e. The molecule has 18 heavy (non-hydrogen) atoms. The van der Waals surface area contributed by atoms with Gasteiger partial charge in [-0.1, -0.05) is 0 Å². The van der Waals surface area contributed by atoms with Gasteiger partial charge in [-0.3, -0.25) is 4.79 Å². The molecule has 1 aliphatic rings. The maximum Gasteiger partial charge on any atom is 0.252 e. The van der Waals surface area contributed by atoms with Crippen LogP contribution in [0.25, 0.3) is 0 Å². The van der Waals surface area contributed by atoms with Gasteiger partial charge in [0.15, 0.2) is 0 Å². The van der Waals surface area contributed by atoms with Gasteiger partial charge in [0.25, 0.3) is 5.91 Å². The predicted molar refractivity (Wildman–Crippen MR) is 71.5 cm³/mol. The number of hydrogen-bond acceptors (Lipinski definition) is 4. The zero-order chi connectivity index (χ0) is 13.2. The van der Waals surface area contributed by atoms with Crippen LogP contribution in [0.15, 0.2) is 10.5 Å². The quantitative estimate of drug-likeness (QED) is 0.878. The lowest BCUT2D eigenvalue weighted by atomic mass is 9.96. The minimum atomic E-state index is -1.18. The van der Waals surface area contributed by atoms with Crippen LogP contribution >= 0.6 is 11.8 Å². The van der Waals surface area contributed by atoms with Crippen molar-refractivity contribution in [3.05, 3.63) is 23.2 Å². The number of furan rings is 1. The zero-order valence-electron chi connectivity index (χ0n) is 10.8. The molecule has 100 valence electrons. The Labute approximate surface area is 111 Å². The summed E-state index contributed by atoms with van der Waals surface area (Å²) in [4.78, 5) is 12.0. The summed E-state index contributed by atoms with van der Waals surface area (Å²) in [5.74, 6) is 3.08. The van der Waals surface area contributed by atoms with Crippen LogP contribution < -0.4 is 5.32 Å². The van der Waals surface area contributed by atoms with Crippen LogP contribution in [0.3, 0.4) is 0 Å². The maximum atomic E-state index is 12.0. The fraction of sp³-hybridized carbons (Fsp3) is 0.615. The molecule has 2 rings (SSSR count). The highest BCUT2D eigenvalue weighted by molar-refractivity contribution is 7.99. The molecule has 0 radical (unpaired) electrons. The van der Waals surface area contributed by atoms with Gasteiger partial charge >= 0.3 is 0 Å². The lowest BCUT2D eigenvalue weighted by Crippen LogP contribution is -2.48. The zero-order valence-corrected chi connectivity index (χ0v) is 11.6. The molecule has 0 aromatic carbocycles. The first kappa shape index (κ1) is 13.5. The Morgan fingerprint density at radius 3 is 2.72 bits per heavy atom. The fourth-order valence-corrected chi connectivity index (χ4v) is 3.30. The summed E-state index contributed by atoms with van der Waals surface area (Å²) in [6.45, 7) is 4.17. The summed E-state index contributed by atoms with van der Waals surface area (Å²) in [5.41, 5.74) is -0.215. The SMILES string of the molecule is Cc1cc(CNC(=O)C2(O)CCSCC2)c(C)o1. The van der Waals surface area contributed by atoms with E-state index >= 15 is 0 Å². The third-order valence-corrected chi connectivity index (χ3v) is 4.31. The molecular weight excluding hydrogens is 250 g/mol. The van der Waals surface area contributed by atoms with Crippen LogP contribution in [-0.2, 0) is 11.3 Å². The average Bonchev–Trinajstić information content (AvgIpc) is 2.65. The fourth-order valence-electron chi connectivity index (χ4n) is 2.14. The molecule has 0 unspecified atom stereocenters. The largest absolute Gasteiger partial charge is 0.466 e. The molecular formula is C13H19NO3S. The normalized spacial score (nSPS) is 18.6. The van der Waals surface area contributed by atoms with E-state index in [9.17, 15) is 9.90 Å². The Kier molecular flexibility index (Phi) is 4.02. The average molecular weight is 269 g/mol. The van der Waals surface area contributed by atoms with Gasteiger partial charge in [-0.15, -0.1) is 0 Å². The van der Waals surface area contributed by atoms with Crippen LogP contribution in [0.4, 0.5) is 0 Å². The van der Waals surface area contributed by atoms with Crippen molar-refractivity contribution in [3.8, 4) is 0 Å². The number of rotatable bonds is 3. The second-order valence-corrected chi connectivity index (χ2v) is 5.99. The van der Waals surface area contributed by atoms with Crippen molar-refractivity contribution >= 4 is 17.7 Å². The smallest absolute Gasteiger partial charge is 0.252 e. The van der Waals surface area contributed by atoms with Crippen molar-refractivity contribution in [2.75, 3.05) is 11.5 Å². The van der Waals surface area contributed by atoms with Crippen molar-refractivity contribution in [3.63, 3.8) is 0 Å². The number of thioether (sulfide) groups is 1. The van der Waals surface area contributed by atoms with Gasteiger partial charge in [-0.25, -0.2) is 0 Å². The van der Waals surface area contributed by atoms with E-state index in [2.05, 4.69) is 5.32 Å². The number of nitrogens with one attached hydrogen (secondary N) is 1. The molecule has 1 aliphatic heterocycles. The summed E-state index contributed by atoms with van der Waals surface area (Å²) in [7, 11) is 0. The molecule has 0 spiro atoms. The lowest BCUT2D eigenvalue weighted by molar-refractivity contribution is -0.140. The first-order valence-corrected chi connectivity index (χ1v) is 7.31. The van der Waals surface area contributed by atoms with Gasteiger partial charge in [0.2, 0.25) is 0 Å². The maximum absolute atomic E-state index is 12.0. The van der Waals surface area contributed by atoms with Gasteiger partial charge in [-0.2, -0.15) is 11.8 Å². The molecule has 1 amide bonds. The lowest BCUT2D eigenvalue weighted by Gasteiger charge is -2.30. The molecule has 1 fully saturated rings. The van der Waals surface area contributed by atoms with E-state index in [0.717, 1.165) is 28.6 Å². The first-order valence-electron chi connectivity index (χ1n) is 6.15. The van der Waals surface area contributed by atoms with Gasteiger partial charge in [-0.05, 0) is 44.3 Å². The number of aliphatic hydroxyl groups is 1. The van der Waals surface area contributed by atoms with Gasteiger partial charge in [0, 0.05) is 12.1 Å². The number of carbonyl (C=O) groups excluding carboxylic acids is 1. The number of amides is 1. The van der Waals surface area contributed by atoms with E-state index in [1.807, 2.05) is 19.9 Å². The molecule has 0 aliphatic carbocycles. The molecule has 0 saturated carbocycles. The third kappa shape index (κ3) is 2.90. The Balaban J connectivity index is 1.93. The molecule has 1 saturated heterocycles. The standard InChI is InChI=1S/C13H19NO3S/c1-9-7-11(10(2)17-9)8-14-12(15)13(16)3-5-18-6-4-13/h7,16H,3-6,8H2,1-2H3,(H,14,15). The molecule has 0 atom stereocenters. The molecule has 5 heteroatoms. The summed E-state index contributed by atoms with van der Waals surface area (Å²) >= 11 is 1.78. The van der Waals surface area contributed by atoms with Crippen molar-refractivity contribution in [2.24, 2.45) is 0 Å². The van der Waals surface area contributed by atoms with Crippen LogP contribution in [0.1, 0.15) is 29.9 Å². The summed E-state index contributed by atoms with van der Waals surface area (Å²) in [6.07, 6.45) is 1.07. The van der Waals surface area contributed by atoms with E-state index in [4.69, 9.17) is 4.42 Å². The molecule has 1 aromatic heterocycles. The third-order valence-electron chi connectivity index (χ3n) is 3.33. The van der Waals surface area contributed by atoms with E-state index in [1.165, 1.54) is 0 Å². The highest BCUT2D eigenvalue weighted by Gasteiger charge is 2.37. The van der Waals surface area contributed by atoms with E-state index in [-0.39, 0.29) is 5.91 Å². The first-order chi connectivity index (χ1) is 8.51. The van der Waals surface area contributed by atoms with Crippen molar-refractivity contribution in [1.29, 1.82) is 0 Å². The predicted octanol–water partition coefficient (Wildman–Crippen LogP) is 1.77.